The maximum atomic E-state index is 14.6. The number of halogens is 1. The number of benzene rings is 2. The molecular weight excluding hydrogens is 455 g/mol. The van der Waals surface area contributed by atoms with Crippen molar-refractivity contribution in [2.24, 2.45) is 0 Å². The van der Waals surface area contributed by atoms with E-state index in [0.717, 1.165) is 10.9 Å². The van der Waals surface area contributed by atoms with E-state index in [9.17, 15) is 14.8 Å². The number of aromatic nitrogens is 2. The van der Waals surface area contributed by atoms with Crippen molar-refractivity contribution in [1.29, 1.82) is 5.26 Å². The number of aryl methyl sites for hydroxylation is 1. The highest BCUT2D eigenvalue weighted by Gasteiger charge is 2.42. The molecule has 184 valence electrons. The standard InChI is InChI=1S/C29H29FN4O2/c1-19-12-23(18-32-17-19)29(35,10-11-34(2)3)27(21-6-5-7-24(30)14-21)25-15-22-13-20(16-31)8-9-26(22)33-28(25)36-4/h5-9,12-15,17-18,27,35H,10-11H2,1-4H3. The van der Waals surface area contributed by atoms with Gasteiger partial charge in [-0.2, -0.15) is 5.26 Å². The summed E-state index contributed by atoms with van der Waals surface area (Å²) < 4.78 is 20.3. The Bertz CT molecular complexity index is 1430. The monoisotopic (exact) mass is 484 g/mol. The number of fused-ring (bicyclic) bond motifs is 1. The molecule has 0 saturated carbocycles. The third kappa shape index (κ3) is 5.06. The van der Waals surface area contributed by atoms with E-state index >= 15 is 0 Å². The molecule has 2 atom stereocenters. The van der Waals surface area contributed by atoms with Gasteiger partial charge in [-0.1, -0.05) is 18.2 Å². The van der Waals surface area contributed by atoms with Gasteiger partial charge in [0.05, 0.1) is 24.3 Å². The minimum Gasteiger partial charge on any atom is -0.481 e. The molecule has 0 aliphatic heterocycles. The van der Waals surface area contributed by atoms with Crippen LogP contribution in [-0.4, -0.2) is 47.7 Å². The maximum absolute atomic E-state index is 14.6. The van der Waals surface area contributed by atoms with Crippen LogP contribution in [0, 0.1) is 24.1 Å². The van der Waals surface area contributed by atoms with Gasteiger partial charge in [-0.05, 0) is 75.0 Å². The highest BCUT2D eigenvalue weighted by Crippen LogP contribution is 2.47. The first-order valence-corrected chi connectivity index (χ1v) is 11.7. The number of aliphatic hydroxyl groups is 1. The van der Waals surface area contributed by atoms with Crippen molar-refractivity contribution < 1.29 is 14.2 Å². The van der Waals surface area contributed by atoms with Crippen molar-refractivity contribution in [2.75, 3.05) is 27.7 Å². The maximum Gasteiger partial charge on any atom is 0.217 e. The molecule has 0 fully saturated rings. The predicted octanol–water partition coefficient (Wildman–Crippen LogP) is 4.93. The minimum atomic E-state index is -1.48. The van der Waals surface area contributed by atoms with Gasteiger partial charge in [0.25, 0.3) is 0 Å². The van der Waals surface area contributed by atoms with Crippen LogP contribution in [-0.2, 0) is 5.60 Å². The van der Waals surface area contributed by atoms with Crippen LogP contribution in [0.1, 0.15) is 40.2 Å². The summed E-state index contributed by atoms with van der Waals surface area (Å²) >= 11 is 0. The largest absolute Gasteiger partial charge is 0.481 e. The molecule has 0 spiro atoms. The van der Waals surface area contributed by atoms with E-state index < -0.39 is 17.3 Å². The van der Waals surface area contributed by atoms with Crippen LogP contribution in [0.15, 0.2) is 67.0 Å². The first kappa shape index (κ1) is 25.2. The molecule has 6 nitrogen and oxygen atoms in total. The van der Waals surface area contributed by atoms with Crippen molar-refractivity contribution >= 4 is 10.9 Å². The lowest BCUT2D eigenvalue weighted by atomic mass is 9.72. The molecule has 2 aromatic carbocycles. The van der Waals surface area contributed by atoms with E-state index in [1.54, 1.807) is 42.7 Å². The minimum absolute atomic E-state index is 0.324. The summed E-state index contributed by atoms with van der Waals surface area (Å²) in [5.74, 6) is -0.825. The molecule has 1 N–H and O–H groups in total. The number of pyridine rings is 2. The number of hydrogen-bond acceptors (Lipinski definition) is 6. The summed E-state index contributed by atoms with van der Waals surface area (Å²) in [6.07, 6.45) is 3.73. The SMILES string of the molecule is COc1nc2ccc(C#N)cc2cc1C(c1cccc(F)c1)C(O)(CCN(C)C)c1cncc(C)c1. The van der Waals surface area contributed by atoms with E-state index in [0.29, 0.717) is 46.6 Å². The fourth-order valence-corrected chi connectivity index (χ4v) is 4.65. The van der Waals surface area contributed by atoms with Gasteiger partial charge in [0.1, 0.15) is 11.4 Å². The number of methoxy groups -OCH3 is 1. The molecule has 0 saturated heterocycles. The van der Waals surface area contributed by atoms with Gasteiger partial charge >= 0.3 is 0 Å². The molecule has 0 radical (unpaired) electrons. The molecule has 0 amide bonds. The molecule has 7 heteroatoms. The average molecular weight is 485 g/mol. The Kier molecular flexibility index (Phi) is 7.30. The zero-order valence-electron chi connectivity index (χ0n) is 20.9. The Hall–Kier alpha value is -3.86. The number of nitrogens with zero attached hydrogens (tertiary/aromatic N) is 4. The van der Waals surface area contributed by atoms with Crippen LogP contribution in [0.25, 0.3) is 10.9 Å². The highest BCUT2D eigenvalue weighted by molar-refractivity contribution is 5.82. The highest BCUT2D eigenvalue weighted by atomic mass is 19.1. The summed E-state index contributed by atoms with van der Waals surface area (Å²) in [6, 6.07) is 17.4. The topological polar surface area (TPSA) is 82.3 Å². The normalized spacial score (nSPS) is 13.8. The van der Waals surface area contributed by atoms with E-state index in [2.05, 4.69) is 11.1 Å². The smallest absolute Gasteiger partial charge is 0.217 e. The van der Waals surface area contributed by atoms with Crippen LogP contribution >= 0.6 is 0 Å². The zero-order valence-corrected chi connectivity index (χ0v) is 20.9. The van der Waals surface area contributed by atoms with Gasteiger partial charge < -0.3 is 14.7 Å². The molecular formula is C29H29FN4O2. The first-order valence-electron chi connectivity index (χ1n) is 11.7. The third-order valence-corrected chi connectivity index (χ3v) is 6.42. The third-order valence-electron chi connectivity index (χ3n) is 6.42. The van der Waals surface area contributed by atoms with Crippen molar-refractivity contribution in [3.63, 3.8) is 0 Å². The summed E-state index contributed by atoms with van der Waals surface area (Å²) in [7, 11) is 5.40. The molecule has 0 aliphatic rings. The summed E-state index contributed by atoms with van der Waals surface area (Å²) in [4.78, 5) is 11.0. The Morgan fingerprint density at radius 1 is 1.14 bits per heavy atom. The Morgan fingerprint density at radius 3 is 2.61 bits per heavy atom. The number of ether oxygens (including phenoxy) is 1. The Morgan fingerprint density at radius 2 is 1.94 bits per heavy atom. The van der Waals surface area contributed by atoms with Gasteiger partial charge in [0, 0.05) is 41.4 Å². The van der Waals surface area contributed by atoms with Crippen LogP contribution in [0.5, 0.6) is 5.88 Å². The fourth-order valence-electron chi connectivity index (χ4n) is 4.65. The molecule has 0 aliphatic carbocycles. The molecule has 4 rings (SSSR count). The Balaban J connectivity index is 2.05. The number of rotatable bonds is 8. The fraction of sp³-hybridized carbons (Fsp3) is 0.276. The Labute approximate surface area is 210 Å². The van der Waals surface area contributed by atoms with E-state index in [1.807, 2.05) is 38.1 Å². The molecule has 36 heavy (non-hydrogen) atoms. The van der Waals surface area contributed by atoms with Gasteiger partial charge in [-0.3, -0.25) is 4.98 Å². The average Bonchev–Trinajstić information content (AvgIpc) is 2.87. The zero-order chi connectivity index (χ0) is 25.9. The lowest BCUT2D eigenvalue weighted by Crippen LogP contribution is -2.38. The number of hydrogen-bond donors (Lipinski definition) is 1. The van der Waals surface area contributed by atoms with Crippen molar-refractivity contribution in [3.8, 4) is 11.9 Å². The van der Waals surface area contributed by atoms with Crippen LogP contribution < -0.4 is 4.74 Å². The van der Waals surface area contributed by atoms with Gasteiger partial charge in [-0.25, -0.2) is 9.37 Å². The van der Waals surface area contributed by atoms with Crippen molar-refractivity contribution in [2.45, 2.75) is 24.9 Å². The molecule has 2 aromatic heterocycles. The summed E-state index contributed by atoms with van der Waals surface area (Å²) in [5, 5.41) is 22.7. The van der Waals surface area contributed by atoms with Crippen molar-refractivity contribution in [3.05, 3.63) is 101 Å². The van der Waals surface area contributed by atoms with Gasteiger partial charge in [0.15, 0.2) is 0 Å². The lowest BCUT2D eigenvalue weighted by Gasteiger charge is -2.38. The molecule has 2 heterocycles. The van der Waals surface area contributed by atoms with Crippen LogP contribution in [0.2, 0.25) is 0 Å². The van der Waals surface area contributed by atoms with Crippen LogP contribution in [0.4, 0.5) is 4.39 Å². The summed E-state index contributed by atoms with van der Waals surface area (Å²) in [6.45, 7) is 2.49. The van der Waals surface area contributed by atoms with E-state index in [1.165, 1.54) is 19.2 Å². The van der Waals surface area contributed by atoms with E-state index in [-0.39, 0.29) is 0 Å². The van der Waals surface area contributed by atoms with Gasteiger partial charge in [-0.15, -0.1) is 0 Å². The quantitative estimate of drug-likeness (QED) is 0.382. The van der Waals surface area contributed by atoms with Gasteiger partial charge in [0.2, 0.25) is 5.88 Å². The van der Waals surface area contributed by atoms with E-state index in [4.69, 9.17) is 9.72 Å². The summed E-state index contributed by atoms with van der Waals surface area (Å²) in [5.41, 5.74) is 2.35. The van der Waals surface area contributed by atoms with Crippen LogP contribution in [0.3, 0.4) is 0 Å². The van der Waals surface area contributed by atoms with Crippen molar-refractivity contribution in [1.82, 2.24) is 14.9 Å². The lowest BCUT2D eigenvalue weighted by molar-refractivity contribution is 0.00339. The molecule has 4 aromatic rings. The predicted molar refractivity (Wildman–Crippen MR) is 137 cm³/mol. The second-order valence-corrected chi connectivity index (χ2v) is 9.32. The number of nitriles is 1. The molecule has 2 unspecified atom stereocenters. The molecule has 0 bridgehead atoms. The second kappa shape index (κ2) is 10.4. The second-order valence-electron chi connectivity index (χ2n) is 9.32. The first-order chi connectivity index (χ1) is 17.2.